The van der Waals surface area contributed by atoms with Crippen LogP contribution < -0.4 is 5.32 Å². The van der Waals surface area contributed by atoms with Crippen molar-refractivity contribution in [1.29, 1.82) is 0 Å². The number of amides is 2. The second-order valence-electron chi connectivity index (χ2n) is 8.50. The molecule has 1 aromatic rings. The molecule has 0 radical (unpaired) electrons. The Morgan fingerprint density at radius 3 is 2.36 bits per heavy atom. The number of hydrogen-bond acceptors (Lipinski definition) is 2. The van der Waals surface area contributed by atoms with Gasteiger partial charge in [0.15, 0.2) is 0 Å². The van der Waals surface area contributed by atoms with E-state index in [1.807, 2.05) is 0 Å². The monoisotopic (exact) mass is 346 g/mol. The molecule has 3 rings (SSSR count). The molecular formula is C20H27FN2O2. The van der Waals surface area contributed by atoms with Crippen molar-refractivity contribution in [2.75, 3.05) is 13.1 Å². The largest absolute Gasteiger partial charge is 0.351 e. The molecule has 0 aromatic heterocycles. The van der Waals surface area contributed by atoms with Crippen LogP contribution in [-0.4, -0.2) is 35.8 Å². The maximum absolute atomic E-state index is 12.9. The van der Waals surface area contributed by atoms with Crippen molar-refractivity contribution in [3.63, 3.8) is 0 Å². The molecular weight excluding hydrogens is 319 g/mol. The first-order valence-corrected chi connectivity index (χ1v) is 8.95. The van der Waals surface area contributed by atoms with Gasteiger partial charge >= 0.3 is 0 Å². The fraction of sp³-hybridized carbons (Fsp3) is 0.600. The molecule has 2 amide bonds. The van der Waals surface area contributed by atoms with Crippen molar-refractivity contribution in [2.45, 2.75) is 46.6 Å². The fourth-order valence-corrected chi connectivity index (χ4v) is 4.14. The highest BCUT2D eigenvalue weighted by molar-refractivity contribution is 5.86. The van der Waals surface area contributed by atoms with Gasteiger partial charge in [0.1, 0.15) is 5.82 Å². The quantitative estimate of drug-likeness (QED) is 0.891. The molecule has 25 heavy (non-hydrogen) atoms. The third-order valence-corrected chi connectivity index (χ3v) is 6.43. The number of carbonyl (C=O) groups excluding carboxylic acids is 2. The van der Waals surface area contributed by atoms with Gasteiger partial charge in [-0.25, -0.2) is 4.39 Å². The predicted molar refractivity (Wildman–Crippen MR) is 94.3 cm³/mol. The molecule has 1 saturated carbocycles. The third-order valence-electron chi connectivity index (χ3n) is 6.43. The molecule has 1 N–H and O–H groups in total. The highest BCUT2D eigenvalue weighted by Crippen LogP contribution is 2.68. The summed E-state index contributed by atoms with van der Waals surface area (Å²) in [5.74, 6) is -0.118. The number of carbonyl (C=O) groups is 2. The number of halogens is 1. The van der Waals surface area contributed by atoms with Gasteiger partial charge in [0.25, 0.3) is 0 Å². The normalized spacial score (nSPS) is 24.4. The summed E-state index contributed by atoms with van der Waals surface area (Å²) in [5, 5.41) is 3.07. The molecule has 0 bridgehead atoms. The zero-order valence-electron chi connectivity index (χ0n) is 15.4. The lowest BCUT2D eigenvalue weighted by Gasteiger charge is -2.17. The fourth-order valence-electron chi connectivity index (χ4n) is 4.14. The van der Waals surface area contributed by atoms with E-state index in [0.29, 0.717) is 25.9 Å². The van der Waals surface area contributed by atoms with Crippen LogP contribution in [0, 0.1) is 22.6 Å². The van der Waals surface area contributed by atoms with Crippen LogP contribution in [0.1, 0.15) is 39.7 Å². The van der Waals surface area contributed by atoms with E-state index in [9.17, 15) is 14.0 Å². The van der Waals surface area contributed by atoms with Gasteiger partial charge in [-0.3, -0.25) is 9.59 Å². The first-order valence-electron chi connectivity index (χ1n) is 8.95. The molecule has 1 aliphatic carbocycles. The van der Waals surface area contributed by atoms with Gasteiger partial charge in [0, 0.05) is 25.4 Å². The molecule has 136 valence electrons. The van der Waals surface area contributed by atoms with E-state index in [4.69, 9.17) is 0 Å². The highest BCUT2D eigenvalue weighted by Gasteiger charge is 2.68. The molecule has 4 nitrogen and oxygen atoms in total. The van der Waals surface area contributed by atoms with E-state index < -0.39 is 0 Å². The molecule has 2 fully saturated rings. The van der Waals surface area contributed by atoms with Crippen LogP contribution in [0.2, 0.25) is 0 Å². The minimum Gasteiger partial charge on any atom is -0.351 e. The van der Waals surface area contributed by atoms with Crippen LogP contribution >= 0.6 is 0 Å². The molecule has 5 heteroatoms. The van der Waals surface area contributed by atoms with Crippen LogP contribution in [0.25, 0.3) is 0 Å². The molecule has 1 heterocycles. The Bertz CT molecular complexity index is 667. The minimum atomic E-state index is -0.255. The van der Waals surface area contributed by atoms with Gasteiger partial charge in [0.2, 0.25) is 11.8 Å². The Balaban J connectivity index is 1.51. The van der Waals surface area contributed by atoms with Crippen molar-refractivity contribution in [3.05, 3.63) is 35.6 Å². The first-order chi connectivity index (χ1) is 11.6. The van der Waals surface area contributed by atoms with E-state index in [-0.39, 0.29) is 40.4 Å². The van der Waals surface area contributed by atoms with Crippen LogP contribution in [0.5, 0.6) is 0 Å². The van der Waals surface area contributed by atoms with Crippen LogP contribution in [0.3, 0.4) is 0 Å². The van der Waals surface area contributed by atoms with E-state index in [1.54, 1.807) is 17.0 Å². The summed E-state index contributed by atoms with van der Waals surface area (Å²) in [6.45, 7) is 9.62. The van der Waals surface area contributed by atoms with Crippen molar-refractivity contribution < 1.29 is 14.0 Å². The van der Waals surface area contributed by atoms with Crippen LogP contribution in [0.15, 0.2) is 24.3 Å². The lowest BCUT2D eigenvalue weighted by atomic mass is 10.0. The Morgan fingerprint density at radius 2 is 1.80 bits per heavy atom. The summed E-state index contributed by atoms with van der Waals surface area (Å²) in [6.07, 6.45) is 1.05. The molecule has 1 aromatic carbocycles. The summed E-state index contributed by atoms with van der Waals surface area (Å²) in [5.41, 5.74) is 1.01. The van der Waals surface area contributed by atoms with E-state index >= 15 is 0 Å². The third kappa shape index (κ3) is 3.29. The zero-order chi connectivity index (χ0) is 18.4. The predicted octanol–water partition coefficient (Wildman–Crippen LogP) is 2.77. The highest BCUT2D eigenvalue weighted by atomic mass is 19.1. The lowest BCUT2D eigenvalue weighted by Crippen LogP contribution is -2.39. The molecule has 0 spiro atoms. The zero-order valence-corrected chi connectivity index (χ0v) is 15.4. The lowest BCUT2D eigenvalue weighted by molar-refractivity contribution is -0.127. The van der Waals surface area contributed by atoms with Crippen molar-refractivity contribution in [2.24, 2.45) is 16.7 Å². The standard InChI is InChI=1S/C20H27FN2O2/c1-19(2)17(20(19,3)4)18(25)22-15-11-16(24)23(12-15)10-9-13-5-7-14(21)8-6-13/h5-8,15,17H,9-12H2,1-4H3,(H,22,25)/t15-/m1/s1. The summed E-state index contributed by atoms with van der Waals surface area (Å²) in [7, 11) is 0. The Morgan fingerprint density at radius 1 is 1.20 bits per heavy atom. The van der Waals surface area contributed by atoms with Gasteiger partial charge < -0.3 is 10.2 Å². The number of likely N-dealkylation sites (tertiary alicyclic amines) is 1. The van der Waals surface area contributed by atoms with Gasteiger partial charge in [-0.15, -0.1) is 0 Å². The first kappa shape index (κ1) is 17.9. The van der Waals surface area contributed by atoms with Crippen molar-refractivity contribution >= 4 is 11.8 Å². The average molecular weight is 346 g/mol. The minimum absolute atomic E-state index is 0.00195. The van der Waals surface area contributed by atoms with E-state index in [0.717, 1.165) is 5.56 Å². The molecule has 1 aliphatic heterocycles. The summed E-state index contributed by atoms with van der Waals surface area (Å²) in [4.78, 5) is 26.5. The average Bonchev–Trinajstić information content (AvgIpc) is 2.76. The van der Waals surface area contributed by atoms with Gasteiger partial charge in [-0.05, 0) is 34.9 Å². The summed E-state index contributed by atoms with van der Waals surface area (Å²) >= 11 is 0. The maximum Gasteiger partial charge on any atom is 0.224 e. The number of nitrogens with zero attached hydrogens (tertiary/aromatic N) is 1. The number of nitrogens with one attached hydrogen (secondary N) is 1. The molecule has 2 aliphatic rings. The number of hydrogen-bond donors (Lipinski definition) is 1. The summed E-state index contributed by atoms with van der Waals surface area (Å²) in [6, 6.07) is 6.24. The van der Waals surface area contributed by atoms with E-state index in [2.05, 4.69) is 33.0 Å². The number of benzene rings is 1. The Hall–Kier alpha value is -1.91. The van der Waals surface area contributed by atoms with Crippen LogP contribution in [0.4, 0.5) is 4.39 Å². The van der Waals surface area contributed by atoms with Crippen molar-refractivity contribution in [3.8, 4) is 0 Å². The SMILES string of the molecule is CC1(C)C(C(=O)N[C@@H]2CC(=O)N(CCc3ccc(F)cc3)C2)C1(C)C. The van der Waals surface area contributed by atoms with Crippen molar-refractivity contribution in [1.82, 2.24) is 10.2 Å². The molecule has 0 unspecified atom stereocenters. The van der Waals surface area contributed by atoms with Crippen LogP contribution in [-0.2, 0) is 16.0 Å². The second-order valence-corrected chi connectivity index (χ2v) is 8.50. The van der Waals surface area contributed by atoms with Gasteiger partial charge in [-0.1, -0.05) is 39.8 Å². The molecule has 1 saturated heterocycles. The van der Waals surface area contributed by atoms with Gasteiger partial charge in [-0.2, -0.15) is 0 Å². The smallest absolute Gasteiger partial charge is 0.224 e. The van der Waals surface area contributed by atoms with E-state index in [1.165, 1.54) is 12.1 Å². The second kappa shape index (κ2) is 6.11. The maximum atomic E-state index is 12.9. The topological polar surface area (TPSA) is 49.4 Å². The Kier molecular flexibility index (Phi) is 4.38. The van der Waals surface area contributed by atoms with Gasteiger partial charge in [0.05, 0.1) is 6.04 Å². The molecule has 1 atom stereocenters. The Labute approximate surface area is 148 Å². The number of rotatable bonds is 5. The summed E-state index contributed by atoms with van der Waals surface area (Å²) < 4.78 is 12.9.